The highest BCUT2D eigenvalue weighted by Gasteiger charge is 2.28. The molecule has 1 aromatic rings. The fourth-order valence-corrected chi connectivity index (χ4v) is 3.67. The van der Waals surface area contributed by atoms with Crippen molar-refractivity contribution in [2.75, 3.05) is 19.6 Å². The van der Waals surface area contributed by atoms with Crippen LogP contribution in [0.4, 0.5) is 0 Å². The average Bonchev–Trinajstić information content (AvgIpc) is 2.89. The van der Waals surface area contributed by atoms with Crippen molar-refractivity contribution in [1.82, 2.24) is 19.8 Å². The summed E-state index contributed by atoms with van der Waals surface area (Å²) in [5, 5.41) is 14.3. The van der Waals surface area contributed by atoms with Gasteiger partial charge >= 0.3 is 5.97 Å². The Morgan fingerprint density at radius 1 is 1.55 bits per heavy atom. The second-order valence-electron chi connectivity index (χ2n) is 4.75. The first-order chi connectivity index (χ1) is 9.44. The second-order valence-corrected chi connectivity index (χ2v) is 6.40. The summed E-state index contributed by atoms with van der Waals surface area (Å²) in [6.45, 7) is 4.67. The Morgan fingerprint density at radius 3 is 2.75 bits per heavy atom. The van der Waals surface area contributed by atoms with Gasteiger partial charge in [-0.15, -0.1) is 0 Å². The highest BCUT2D eigenvalue weighted by molar-refractivity contribution is 7.89. The van der Waals surface area contributed by atoms with E-state index >= 15 is 0 Å². The smallest absolute Gasteiger partial charge is 0.340 e. The molecule has 1 aliphatic heterocycles. The van der Waals surface area contributed by atoms with E-state index in [1.807, 2.05) is 0 Å². The number of carboxylic acids is 1. The monoisotopic (exact) mass is 302 g/mol. The number of carboxylic acid groups (broad SMARTS) is 1. The Kier molecular flexibility index (Phi) is 4.41. The summed E-state index contributed by atoms with van der Waals surface area (Å²) < 4.78 is 26.9. The predicted octanol–water partition coefficient (Wildman–Crippen LogP) is -0.129. The molecule has 0 aromatic carbocycles. The van der Waals surface area contributed by atoms with E-state index in [1.54, 1.807) is 0 Å². The minimum absolute atomic E-state index is 0.173. The number of nitrogens with one attached hydrogen (secondary N) is 2. The Bertz CT molecular complexity index is 575. The SMILES string of the molecule is CCN1CCC(NS(=O)(=O)c2[nH]ncc2C(=O)O)CC1. The molecule has 1 fully saturated rings. The topological polar surface area (TPSA) is 115 Å². The first-order valence-corrected chi connectivity index (χ1v) is 7.93. The van der Waals surface area contributed by atoms with Crippen LogP contribution in [-0.4, -0.2) is 60.3 Å². The summed E-state index contributed by atoms with van der Waals surface area (Å²) >= 11 is 0. The summed E-state index contributed by atoms with van der Waals surface area (Å²) in [4.78, 5) is 13.2. The summed E-state index contributed by atoms with van der Waals surface area (Å²) in [5.41, 5.74) is -0.344. The van der Waals surface area contributed by atoms with Gasteiger partial charge in [0.05, 0.1) is 6.20 Å². The molecule has 0 bridgehead atoms. The third kappa shape index (κ3) is 3.17. The van der Waals surface area contributed by atoms with Gasteiger partial charge in [-0.3, -0.25) is 5.10 Å². The summed E-state index contributed by atoms with van der Waals surface area (Å²) in [5.74, 6) is -1.32. The van der Waals surface area contributed by atoms with Gasteiger partial charge in [0.2, 0.25) is 0 Å². The van der Waals surface area contributed by atoms with Gasteiger partial charge in [-0.2, -0.15) is 5.10 Å². The quantitative estimate of drug-likeness (QED) is 0.698. The number of H-pyrrole nitrogens is 1. The van der Waals surface area contributed by atoms with Crippen molar-refractivity contribution in [3.63, 3.8) is 0 Å². The van der Waals surface area contributed by atoms with Crippen LogP contribution in [0.2, 0.25) is 0 Å². The van der Waals surface area contributed by atoms with Gasteiger partial charge in [-0.05, 0) is 32.5 Å². The maximum atomic E-state index is 12.2. The molecule has 0 saturated carbocycles. The maximum absolute atomic E-state index is 12.2. The number of aromatic carboxylic acids is 1. The minimum Gasteiger partial charge on any atom is -0.478 e. The van der Waals surface area contributed by atoms with Crippen LogP contribution in [0.25, 0.3) is 0 Å². The lowest BCUT2D eigenvalue weighted by atomic mass is 10.1. The fraction of sp³-hybridized carbons (Fsp3) is 0.636. The Hall–Kier alpha value is -1.45. The molecule has 20 heavy (non-hydrogen) atoms. The van der Waals surface area contributed by atoms with E-state index in [4.69, 9.17) is 5.11 Å². The zero-order valence-electron chi connectivity index (χ0n) is 11.2. The number of rotatable bonds is 5. The first-order valence-electron chi connectivity index (χ1n) is 6.45. The summed E-state index contributed by atoms with van der Waals surface area (Å²) in [6, 6.07) is -0.173. The largest absolute Gasteiger partial charge is 0.478 e. The number of aromatic nitrogens is 2. The van der Waals surface area contributed by atoms with Crippen LogP contribution in [-0.2, 0) is 10.0 Å². The number of sulfonamides is 1. The molecule has 1 aliphatic rings. The Balaban J connectivity index is 2.08. The van der Waals surface area contributed by atoms with Crippen molar-refractivity contribution in [2.45, 2.75) is 30.8 Å². The van der Waals surface area contributed by atoms with Crippen molar-refractivity contribution in [2.24, 2.45) is 0 Å². The number of hydrogen-bond acceptors (Lipinski definition) is 5. The van der Waals surface area contributed by atoms with Crippen molar-refractivity contribution < 1.29 is 18.3 Å². The van der Waals surface area contributed by atoms with E-state index in [-0.39, 0.29) is 16.6 Å². The number of likely N-dealkylation sites (tertiary alicyclic amines) is 1. The molecule has 0 amide bonds. The molecule has 0 aliphatic carbocycles. The number of nitrogens with zero attached hydrogens (tertiary/aromatic N) is 2. The highest BCUT2D eigenvalue weighted by atomic mass is 32.2. The fourth-order valence-electron chi connectivity index (χ4n) is 2.28. The lowest BCUT2D eigenvalue weighted by molar-refractivity contribution is 0.0692. The van der Waals surface area contributed by atoms with Gasteiger partial charge in [-0.1, -0.05) is 6.92 Å². The highest BCUT2D eigenvalue weighted by Crippen LogP contribution is 2.16. The number of piperidine rings is 1. The maximum Gasteiger partial charge on any atom is 0.340 e. The molecule has 2 rings (SSSR count). The predicted molar refractivity (Wildman–Crippen MR) is 71.0 cm³/mol. The first kappa shape index (κ1) is 14.9. The van der Waals surface area contributed by atoms with Crippen molar-refractivity contribution in [3.05, 3.63) is 11.8 Å². The molecule has 0 atom stereocenters. The number of carbonyl (C=O) groups is 1. The molecule has 112 valence electrons. The van der Waals surface area contributed by atoms with Crippen LogP contribution in [0, 0.1) is 0 Å². The van der Waals surface area contributed by atoms with Gasteiger partial charge in [0.1, 0.15) is 5.56 Å². The molecule has 0 radical (unpaired) electrons. The van der Waals surface area contributed by atoms with E-state index in [9.17, 15) is 13.2 Å². The van der Waals surface area contributed by atoms with Gasteiger partial charge in [0.15, 0.2) is 5.03 Å². The molecular weight excluding hydrogens is 284 g/mol. The number of hydrogen-bond donors (Lipinski definition) is 3. The van der Waals surface area contributed by atoms with Crippen LogP contribution in [0.1, 0.15) is 30.1 Å². The van der Waals surface area contributed by atoms with Gasteiger partial charge < -0.3 is 10.0 Å². The second kappa shape index (κ2) is 5.90. The summed E-state index contributed by atoms with van der Waals surface area (Å²) in [6.07, 6.45) is 2.42. The average molecular weight is 302 g/mol. The van der Waals surface area contributed by atoms with Gasteiger partial charge in [0, 0.05) is 6.04 Å². The van der Waals surface area contributed by atoms with E-state index in [1.165, 1.54) is 0 Å². The van der Waals surface area contributed by atoms with E-state index in [0.29, 0.717) is 12.8 Å². The molecule has 1 saturated heterocycles. The van der Waals surface area contributed by atoms with Crippen LogP contribution in [0.3, 0.4) is 0 Å². The Labute approximate surface area is 117 Å². The normalized spacial score (nSPS) is 18.2. The molecule has 2 heterocycles. The lowest BCUT2D eigenvalue weighted by Crippen LogP contribution is -2.44. The van der Waals surface area contributed by atoms with Crippen LogP contribution in [0.5, 0.6) is 0 Å². The zero-order chi connectivity index (χ0) is 14.8. The van der Waals surface area contributed by atoms with Gasteiger partial charge in [-0.25, -0.2) is 17.9 Å². The van der Waals surface area contributed by atoms with Crippen LogP contribution in [0.15, 0.2) is 11.2 Å². The molecule has 1 aromatic heterocycles. The van der Waals surface area contributed by atoms with Crippen molar-refractivity contribution >= 4 is 16.0 Å². The van der Waals surface area contributed by atoms with Crippen LogP contribution >= 0.6 is 0 Å². The molecule has 8 nitrogen and oxygen atoms in total. The van der Waals surface area contributed by atoms with E-state index in [0.717, 1.165) is 25.8 Å². The molecule has 3 N–H and O–H groups in total. The van der Waals surface area contributed by atoms with E-state index < -0.39 is 16.0 Å². The zero-order valence-corrected chi connectivity index (χ0v) is 12.0. The molecule has 9 heteroatoms. The third-order valence-electron chi connectivity index (χ3n) is 3.46. The van der Waals surface area contributed by atoms with E-state index in [2.05, 4.69) is 26.7 Å². The summed E-state index contributed by atoms with van der Waals surface area (Å²) in [7, 11) is -3.88. The number of aromatic amines is 1. The Morgan fingerprint density at radius 2 is 2.20 bits per heavy atom. The lowest BCUT2D eigenvalue weighted by Gasteiger charge is -2.31. The minimum atomic E-state index is -3.88. The molecular formula is C11H18N4O4S. The molecule has 0 spiro atoms. The standard InChI is InChI=1S/C11H18N4O4S/c1-2-15-5-3-8(4-6-15)14-20(18,19)10-9(11(16)17)7-12-13-10/h7-8,14H,2-6H2,1H3,(H,12,13)(H,16,17). The van der Waals surface area contributed by atoms with Crippen LogP contribution < -0.4 is 4.72 Å². The third-order valence-corrected chi connectivity index (χ3v) is 4.95. The van der Waals surface area contributed by atoms with Crippen molar-refractivity contribution in [3.8, 4) is 0 Å². The van der Waals surface area contributed by atoms with Crippen molar-refractivity contribution in [1.29, 1.82) is 0 Å². The van der Waals surface area contributed by atoms with Gasteiger partial charge in [0.25, 0.3) is 10.0 Å². The molecule has 0 unspecified atom stereocenters.